The normalized spacial score (nSPS) is 18.7. The molecule has 30 heavy (non-hydrogen) atoms. The third-order valence-electron chi connectivity index (χ3n) is 5.30. The number of alkyl halides is 3. The second-order valence-corrected chi connectivity index (χ2v) is 7.19. The molecule has 4 rings (SSSR count). The molecule has 2 aromatic rings. The number of nitrogens with zero attached hydrogens (tertiary/aromatic N) is 2. The summed E-state index contributed by atoms with van der Waals surface area (Å²) in [5.74, 6) is -1.48. The van der Waals surface area contributed by atoms with E-state index in [9.17, 15) is 27.6 Å². The van der Waals surface area contributed by atoms with Crippen molar-refractivity contribution in [2.24, 2.45) is 0 Å². The minimum atomic E-state index is -4.63. The molecule has 0 spiro atoms. The minimum Gasteiger partial charge on any atom is -0.327 e. The lowest BCUT2D eigenvalue weighted by molar-refractivity contribution is -0.137. The second-order valence-electron chi connectivity index (χ2n) is 7.19. The van der Waals surface area contributed by atoms with Crippen molar-refractivity contribution in [3.63, 3.8) is 0 Å². The first-order valence-electron chi connectivity index (χ1n) is 9.45. The molecule has 156 valence electrons. The highest BCUT2D eigenvalue weighted by molar-refractivity contribution is 6.13. The zero-order valence-electron chi connectivity index (χ0n) is 15.8. The lowest BCUT2D eigenvalue weighted by Crippen LogP contribution is -2.47. The predicted octanol–water partition coefficient (Wildman–Crippen LogP) is 3.30. The van der Waals surface area contributed by atoms with E-state index in [0.29, 0.717) is 24.9 Å². The molecule has 0 radical (unpaired) electrons. The quantitative estimate of drug-likeness (QED) is 0.833. The smallest absolute Gasteiger partial charge is 0.327 e. The van der Waals surface area contributed by atoms with E-state index < -0.39 is 36.1 Å². The van der Waals surface area contributed by atoms with Gasteiger partial charge in [0.15, 0.2) is 0 Å². The Hall–Kier alpha value is -3.36. The maximum Gasteiger partial charge on any atom is 0.418 e. The highest BCUT2D eigenvalue weighted by Gasteiger charge is 2.42. The summed E-state index contributed by atoms with van der Waals surface area (Å²) in [4.78, 5) is 41.3. The highest BCUT2D eigenvalue weighted by Crippen LogP contribution is 2.35. The van der Waals surface area contributed by atoms with E-state index >= 15 is 0 Å². The number of rotatable bonds is 3. The number of benzene rings is 2. The topological polar surface area (TPSA) is 69.7 Å². The van der Waals surface area contributed by atoms with E-state index in [4.69, 9.17) is 0 Å². The average molecular weight is 417 g/mol. The third kappa shape index (κ3) is 3.51. The molecule has 0 saturated carbocycles. The van der Waals surface area contributed by atoms with Crippen molar-refractivity contribution in [2.45, 2.75) is 25.1 Å². The standard InChI is InChI=1S/C21H18F3N3O3/c22-21(23,24)14-7-2-3-8-15(14)25-18(28)12-27-16-9-4-1-6-13(16)19(29)26-11-5-10-17(26)20(27)30/h1-4,6-9,17H,5,10-12H2,(H,25,28)/t17-/m0/s1. The molecule has 1 saturated heterocycles. The Morgan fingerprint density at radius 1 is 1.07 bits per heavy atom. The molecule has 0 aliphatic carbocycles. The van der Waals surface area contributed by atoms with E-state index in [-0.39, 0.29) is 17.3 Å². The van der Waals surface area contributed by atoms with Gasteiger partial charge in [-0.05, 0) is 37.1 Å². The van der Waals surface area contributed by atoms with E-state index in [0.717, 1.165) is 12.1 Å². The van der Waals surface area contributed by atoms with Crippen LogP contribution in [-0.2, 0) is 15.8 Å². The van der Waals surface area contributed by atoms with Gasteiger partial charge in [0, 0.05) is 6.54 Å². The summed E-state index contributed by atoms with van der Waals surface area (Å²) < 4.78 is 39.6. The van der Waals surface area contributed by atoms with Gasteiger partial charge in [0.25, 0.3) is 5.91 Å². The number of para-hydroxylation sites is 2. The maximum atomic E-state index is 13.2. The van der Waals surface area contributed by atoms with Crippen molar-refractivity contribution < 1.29 is 27.6 Å². The van der Waals surface area contributed by atoms with Gasteiger partial charge in [-0.1, -0.05) is 24.3 Å². The summed E-state index contributed by atoms with van der Waals surface area (Å²) in [5, 5.41) is 2.26. The van der Waals surface area contributed by atoms with Crippen LogP contribution in [0.5, 0.6) is 0 Å². The molecule has 2 aliphatic heterocycles. The van der Waals surface area contributed by atoms with Gasteiger partial charge in [-0.25, -0.2) is 0 Å². The van der Waals surface area contributed by atoms with Crippen molar-refractivity contribution >= 4 is 29.1 Å². The molecular weight excluding hydrogens is 399 g/mol. The van der Waals surface area contributed by atoms with Gasteiger partial charge in [-0.3, -0.25) is 14.4 Å². The van der Waals surface area contributed by atoms with Crippen LogP contribution in [0.1, 0.15) is 28.8 Å². The number of anilines is 2. The number of halogens is 3. The number of amides is 3. The maximum absolute atomic E-state index is 13.2. The molecular formula is C21H18F3N3O3. The summed E-state index contributed by atoms with van der Waals surface area (Å²) in [7, 11) is 0. The summed E-state index contributed by atoms with van der Waals surface area (Å²) in [6.07, 6.45) is -3.48. The first-order chi connectivity index (χ1) is 14.3. The molecule has 0 aromatic heterocycles. The van der Waals surface area contributed by atoms with E-state index in [2.05, 4.69) is 5.32 Å². The number of carbonyl (C=O) groups excluding carboxylic acids is 3. The van der Waals surface area contributed by atoms with Gasteiger partial charge in [-0.15, -0.1) is 0 Å². The minimum absolute atomic E-state index is 0.279. The number of nitrogens with one attached hydrogen (secondary N) is 1. The lowest BCUT2D eigenvalue weighted by Gasteiger charge is -2.25. The first kappa shape index (κ1) is 19.9. The van der Waals surface area contributed by atoms with Gasteiger partial charge in [-0.2, -0.15) is 13.2 Å². The fourth-order valence-corrected chi connectivity index (χ4v) is 3.95. The van der Waals surface area contributed by atoms with Crippen molar-refractivity contribution in [2.75, 3.05) is 23.3 Å². The molecule has 6 nitrogen and oxygen atoms in total. The largest absolute Gasteiger partial charge is 0.418 e. The van der Waals surface area contributed by atoms with Crippen molar-refractivity contribution in [3.05, 3.63) is 59.7 Å². The zero-order valence-corrected chi connectivity index (χ0v) is 15.8. The Labute approximate surface area is 170 Å². The van der Waals surface area contributed by atoms with Crippen molar-refractivity contribution in [1.82, 2.24) is 4.90 Å². The van der Waals surface area contributed by atoms with E-state index in [1.165, 1.54) is 21.9 Å². The van der Waals surface area contributed by atoms with Gasteiger partial charge < -0.3 is 15.1 Å². The van der Waals surface area contributed by atoms with Crippen LogP contribution in [0.4, 0.5) is 24.5 Å². The number of hydrogen-bond donors (Lipinski definition) is 1. The van der Waals surface area contributed by atoms with Gasteiger partial charge in [0.1, 0.15) is 12.6 Å². The molecule has 1 N–H and O–H groups in total. The number of hydrogen-bond acceptors (Lipinski definition) is 3. The van der Waals surface area contributed by atoms with Gasteiger partial charge in [0.2, 0.25) is 11.8 Å². The second kappa shape index (κ2) is 7.47. The predicted molar refractivity (Wildman–Crippen MR) is 103 cm³/mol. The van der Waals surface area contributed by atoms with E-state index in [1.54, 1.807) is 24.3 Å². The van der Waals surface area contributed by atoms with Crippen LogP contribution in [0.15, 0.2) is 48.5 Å². The zero-order chi connectivity index (χ0) is 21.5. The van der Waals surface area contributed by atoms with Gasteiger partial charge in [0.05, 0.1) is 22.5 Å². The molecule has 1 fully saturated rings. The number of carbonyl (C=O) groups is 3. The Kier molecular flexibility index (Phi) is 4.97. The van der Waals surface area contributed by atoms with Crippen LogP contribution in [-0.4, -0.2) is 41.8 Å². The Morgan fingerprint density at radius 2 is 1.77 bits per heavy atom. The summed E-state index contributed by atoms with van der Waals surface area (Å²) in [6, 6.07) is 10.4. The monoisotopic (exact) mass is 417 g/mol. The SMILES string of the molecule is O=C(CN1C(=O)[C@@H]2CCCN2C(=O)c2ccccc21)Nc1ccccc1C(F)(F)F. The van der Waals surface area contributed by atoms with Gasteiger partial charge >= 0.3 is 6.18 Å². The first-order valence-corrected chi connectivity index (χ1v) is 9.45. The molecule has 1 atom stereocenters. The van der Waals surface area contributed by atoms with Crippen molar-refractivity contribution in [1.29, 1.82) is 0 Å². The summed E-state index contributed by atoms with van der Waals surface area (Å²) in [6.45, 7) is -0.0533. The summed E-state index contributed by atoms with van der Waals surface area (Å²) >= 11 is 0. The van der Waals surface area contributed by atoms with Crippen LogP contribution in [0.2, 0.25) is 0 Å². The molecule has 2 aliphatic rings. The molecule has 0 unspecified atom stereocenters. The fraction of sp³-hybridized carbons (Fsp3) is 0.286. The summed E-state index contributed by atoms with van der Waals surface area (Å²) in [5.41, 5.74) is -0.790. The molecule has 2 heterocycles. The highest BCUT2D eigenvalue weighted by atomic mass is 19.4. The number of fused-ring (bicyclic) bond motifs is 2. The molecule has 3 amide bonds. The third-order valence-corrected chi connectivity index (χ3v) is 5.30. The Morgan fingerprint density at radius 3 is 2.53 bits per heavy atom. The van der Waals surface area contributed by atoms with Crippen molar-refractivity contribution in [3.8, 4) is 0 Å². The van der Waals surface area contributed by atoms with Crippen LogP contribution >= 0.6 is 0 Å². The van der Waals surface area contributed by atoms with E-state index in [1.807, 2.05) is 0 Å². The van der Waals surface area contributed by atoms with Crippen LogP contribution < -0.4 is 10.2 Å². The van der Waals surface area contributed by atoms with Crippen LogP contribution in [0.3, 0.4) is 0 Å². The average Bonchev–Trinajstić information content (AvgIpc) is 3.18. The molecule has 0 bridgehead atoms. The van der Waals surface area contributed by atoms with Crippen LogP contribution in [0.25, 0.3) is 0 Å². The molecule has 2 aromatic carbocycles. The fourth-order valence-electron chi connectivity index (χ4n) is 3.95. The van der Waals surface area contributed by atoms with Crippen LogP contribution in [0, 0.1) is 0 Å². The Balaban J connectivity index is 1.64. The lowest BCUT2D eigenvalue weighted by atomic mass is 10.1. The molecule has 9 heteroatoms. The Bertz CT molecular complexity index is 1020.